The van der Waals surface area contributed by atoms with E-state index in [-0.39, 0.29) is 29.3 Å². The maximum atomic E-state index is 13.5. The number of anilines is 1. The first-order valence-electron chi connectivity index (χ1n) is 9.97. The second-order valence-corrected chi connectivity index (χ2v) is 10.4. The minimum Gasteiger partial charge on any atom is -0.323 e. The number of urea groups is 1. The van der Waals surface area contributed by atoms with Crippen molar-refractivity contribution in [2.24, 2.45) is 5.41 Å². The molecule has 2 saturated heterocycles. The Kier molecular flexibility index (Phi) is 3.70. The third-order valence-electron chi connectivity index (χ3n) is 6.81. The highest BCUT2D eigenvalue weighted by Gasteiger charge is 2.66. The molecule has 7 heteroatoms. The van der Waals surface area contributed by atoms with Crippen molar-refractivity contribution in [3.8, 4) is 0 Å². The highest BCUT2D eigenvalue weighted by molar-refractivity contribution is 8.01. The van der Waals surface area contributed by atoms with Gasteiger partial charge >= 0.3 is 6.03 Å². The van der Waals surface area contributed by atoms with E-state index in [1.165, 1.54) is 16.7 Å². The van der Waals surface area contributed by atoms with Gasteiger partial charge in [0.15, 0.2) is 4.87 Å². The van der Waals surface area contributed by atoms with Crippen LogP contribution in [0.25, 0.3) is 0 Å². The van der Waals surface area contributed by atoms with Gasteiger partial charge in [0.2, 0.25) is 0 Å². The Labute approximate surface area is 169 Å². The number of nitrogens with one attached hydrogen (secondary N) is 1. The van der Waals surface area contributed by atoms with Crippen molar-refractivity contribution < 1.29 is 14.4 Å². The minimum atomic E-state index is -1.12. The number of carbonyl (C=O) groups excluding carboxylic acids is 3. The van der Waals surface area contributed by atoms with Crippen LogP contribution in [0.2, 0.25) is 0 Å². The van der Waals surface area contributed by atoms with Crippen molar-refractivity contribution >= 4 is 35.3 Å². The predicted molar refractivity (Wildman–Crippen MR) is 108 cm³/mol. The molecule has 3 fully saturated rings. The largest absolute Gasteiger partial charge is 0.329 e. The molecule has 0 unspecified atom stereocenters. The average Bonchev–Trinajstić information content (AvgIpc) is 3.24. The van der Waals surface area contributed by atoms with E-state index in [4.69, 9.17) is 0 Å². The van der Waals surface area contributed by atoms with Crippen LogP contribution in [0.1, 0.15) is 50.7 Å². The molecule has 148 valence electrons. The number of imide groups is 1. The molecule has 1 aromatic rings. The molecule has 0 aromatic heterocycles. The second kappa shape index (κ2) is 5.75. The zero-order valence-corrected chi connectivity index (χ0v) is 17.3. The highest BCUT2D eigenvalue weighted by atomic mass is 32.2. The van der Waals surface area contributed by atoms with Gasteiger partial charge in [-0.3, -0.25) is 19.4 Å². The van der Waals surface area contributed by atoms with Gasteiger partial charge in [-0.2, -0.15) is 0 Å². The molecule has 1 aliphatic carbocycles. The van der Waals surface area contributed by atoms with Crippen LogP contribution < -0.4 is 5.32 Å². The standard InChI is InChI=1S/C21H25N3O3S/c1-12-4-5-15-14(10-12)21(18(26)22-15)24-16(11-28-21)17(25)23(19(24)27)13-6-8-20(2,3)9-7-13/h4-5,10,13,16H,6-9,11H2,1-3H3,(H,22,26)/t16-,21+/m0/s1. The van der Waals surface area contributed by atoms with Gasteiger partial charge in [0, 0.05) is 23.0 Å². The van der Waals surface area contributed by atoms with Gasteiger partial charge in [-0.1, -0.05) is 31.5 Å². The molecule has 3 aliphatic heterocycles. The van der Waals surface area contributed by atoms with Gasteiger partial charge in [0.1, 0.15) is 6.04 Å². The van der Waals surface area contributed by atoms with Gasteiger partial charge in [-0.05, 0) is 44.1 Å². The fourth-order valence-electron chi connectivity index (χ4n) is 5.12. The average molecular weight is 400 g/mol. The molecule has 1 N–H and O–H groups in total. The summed E-state index contributed by atoms with van der Waals surface area (Å²) in [6.07, 6.45) is 3.68. The summed E-state index contributed by atoms with van der Waals surface area (Å²) in [5.74, 6) is 0.112. The van der Waals surface area contributed by atoms with E-state index in [9.17, 15) is 14.4 Å². The Balaban J connectivity index is 1.52. The molecule has 2 atom stereocenters. The number of thioether (sulfide) groups is 1. The summed E-state index contributed by atoms with van der Waals surface area (Å²) in [5.41, 5.74) is 2.83. The van der Waals surface area contributed by atoms with Crippen molar-refractivity contribution in [1.82, 2.24) is 9.80 Å². The topological polar surface area (TPSA) is 69.7 Å². The third-order valence-corrected chi connectivity index (χ3v) is 8.31. The zero-order valence-electron chi connectivity index (χ0n) is 16.4. The highest BCUT2D eigenvalue weighted by Crippen LogP contribution is 2.56. The molecule has 1 aromatic carbocycles. The van der Waals surface area contributed by atoms with Crippen LogP contribution in [-0.2, 0) is 14.5 Å². The summed E-state index contributed by atoms with van der Waals surface area (Å²) < 4.78 is 0. The summed E-state index contributed by atoms with van der Waals surface area (Å²) in [7, 11) is 0. The predicted octanol–water partition coefficient (Wildman–Crippen LogP) is 3.45. The van der Waals surface area contributed by atoms with E-state index in [0.717, 1.165) is 42.5 Å². The van der Waals surface area contributed by atoms with E-state index in [1.54, 1.807) is 4.90 Å². The fourth-order valence-corrected chi connectivity index (χ4v) is 6.66. The summed E-state index contributed by atoms with van der Waals surface area (Å²) in [4.78, 5) is 41.7. The quantitative estimate of drug-likeness (QED) is 0.735. The first-order chi connectivity index (χ1) is 13.2. The lowest BCUT2D eigenvalue weighted by molar-refractivity contribution is -0.130. The summed E-state index contributed by atoms with van der Waals surface area (Å²) in [5, 5.41) is 2.93. The van der Waals surface area contributed by atoms with Gasteiger partial charge in [-0.15, -0.1) is 11.8 Å². The molecule has 1 saturated carbocycles. The van der Waals surface area contributed by atoms with E-state index < -0.39 is 10.9 Å². The molecule has 4 amide bonds. The van der Waals surface area contributed by atoms with Gasteiger partial charge < -0.3 is 5.32 Å². The van der Waals surface area contributed by atoms with Gasteiger partial charge in [-0.25, -0.2) is 4.79 Å². The number of benzene rings is 1. The van der Waals surface area contributed by atoms with Crippen LogP contribution in [0, 0.1) is 12.3 Å². The fraction of sp³-hybridized carbons (Fsp3) is 0.571. The van der Waals surface area contributed by atoms with Crippen LogP contribution in [0.5, 0.6) is 0 Å². The minimum absolute atomic E-state index is 0.0536. The lowest BCUT2D eigenvalue weighted by Gasteiger charge is -2.38. The Morgan fingerprint density at radius 3 is 2.57 bits per heavy atom. The van der Waals surface area contributed by atoms with Gasteiger partial charge in [0.05, 0.1) is 0 Å². The van der Waals surface area contributed by atoms with E-state index in [2.05, 4.69) is 19.2 Å². The van der Waals surface area contributed by atoms with Crippen LogP contribution >= 0.6 is 11.8 Å². The number of fused-ring (bicyclic) bond motifs is 4. The molecule has 5 rings (SSSR count). The number of amides is 4. The number of carbonyl (C=O) groups is 3. The molecule has 1 spiro atoms. The first kappa shape index (κ1) is 18.0. The smallest absolute Gasteiger partial charge is 0.323 e. The monoisotopic (exact) mass is 399 g/mol. The van der Waals surface area contributed by atoms with Crippen molar-refractivity contribution in [2.45, 2.75) is 63.4 Å². The van der Waals surface area contributed by atoms with Crippen molar-refractivity contribution in [3.63, 3.8) is 0 Å². The molecular weight excluding hydrogens is 374 g/mol. The SMILES string of the molecule is Cc1ccc2c(c1)[C@@]1(SC[C@H]3C(=O)N(C4CCC(C)(C)CC4)C(=O)N31)C(=O)N2. The van der Waals surface area contributed by atoms with Crippen molar-refractivity contribution in [2.75, 3.05) is 11.1 Å². The van der Waals surface area contributed by atoms with Crippen LogP contribution in [0.3, 0.4) is 0 Å². The van der Waals surface area contributed by atoms with Gasteiger partial charge in [0.25, 0.3) is 11.8 Å². The second-order valence-electron chi connectivity index (χ2n) is 9.23. The van der Waals surface area contributed by atoms with Crippen molar-refractivity contribution in [3.05, 3.63) is 29.3 Å². The summed E-state index contributed by atoms with van der Waals surface area (Å²) in [6, 6.07) is 4.89. The lowest BCUT2D eigenvalue weighted by atomic mass is 9.75. The zero-order chi connectivity index (χ0) is 19.8. The Morgan fingerprint density at radius 1 is 1.14 bits per heavy atom. The number of rotatable bonds is 1. The molecule has 3 heterocycles. The van der Waals surface area contributed by atoms with Crippen LogP contribution in [-0.4, -0.2) is 45.5 Å². The first-order valence-corrected chi connectivity index (χ1v) is 11.0. The maximum Gasteiger partial charge on any atom is 0.329 e. The Hall–Kier alpha value is -2.02. The molecule has 4 aliphatic rings. The number of nitrogens with zero attached hydrogens (tertiary/aromatic N) is 2. The van der Waals surface area contributed by atoms with Crippen molar-refractivity contribution in [1.29, 1.82) is 0 Å². The molecule has 6 nitrogen and oxygen atoms in total. The number of aryl methyl sites for hydroxylation is 1. The molecular formula is C21H25N3O3S. The van der Waals surface area contributed by atoms with Crippen LogP contribution in [0.4, 0.5) is 10.5 Å². The molecule has 0 bridgehead atoms. The Morgan fingerprint density at radius 2 is 1.86 bits per heavy atom. The van der Waals surface area contributed by atoms with E-state index in [1.807, 2.05) is 25.1 Å². The summed E-state index contributed by atoms with van der Waals surface area (Å²) >= 11 is 1.41. The lowest BCUT2D eigenvalue weighted by Crippen LogP contribution is -2.50. The van der Waals surface area contributed by atoms with E-state index in [0.29, 0.717) is 5.75 Å². The number of hydrogen-bond donors (Lipinski definition) is 1. The Bertz CT molecular complexity index is 904. The third kappa shape index (κ3) is 2.25. The number of hydrogen-bond acceptors (Lipinski definition) is 4. The van der Waals surface area contributed by atoms with Crippen LogP contribution in [0.15, 0.2) is 18.2 Å². The van der Waals surface area contributed by atoms with E-state index >= 15 is 0 Å². The maximum absolute atomic E-state index is 13.5. The molecule has 0 radical (unpaired) electrons. The summed E-state index contributed by atoms with van der Waals surface area (Å²) in [6.45, 7) is 6.45. The molecule has 28 heavy (non-hydrogen) atoms. The normalized spacial score (nSPS) is 31.5.